The lowest BCUT2D eigenvalue weighted by atomic mass is 9.96. The molecule has 0 saturated carbocycles. The smallest absolute Gasteiger partial charge is 0.361 e. The Morgan fingerprint density at radius 2 is 1.87 bits per heavy atom. The largest absolute Gasteiger partial charge is 0.461 e. The number of aromatic amines is 1. The zero-order valence-electron chi connectivity index (χ0n) is 13.0. The first kappa shape index (κ1) is 15.0. The Morgan fingerprint density at radius 3 is 2.61 bits per heavy atom. The number of benzene rings is 2. The molecule has 0 aliphatic rings. The van der Waals surface area contributed by atoms with Gasteiger partial charge in [-0.2, -0.15) is 10.3 Å². The molecule has 0 saturated heterocycles. The minimum Gasteiger partial charge on any atom is -0.461 e. The summed E-state index contributed by atoms with van der Waals surface area (Å²) in [7, 11) is 0. The molecule has 5 heteroatoms. The van der Waals surface area contributed by atoms with Crippen molar-refractivity contribution in [1.82, 2.24) is 15.4 Å². The summed E-state index contributed by atoms with van der Waals surface area (Å²) in [6.07, 6.45) is 0. The molecule has 0 fully saturated rings. The van der Waals surface area contributed by atoms with Crippen molar-refractivity contribution in [1.29, 1.82) is 0 Å². The SMILES string of the molecule is CCOC(=O)c1n[nH]nc1-c1ccccc1-c1cccc(C)c1. The fraction of sp³-hybridized carbons (Fsp3) is 0.167. The molecule has 1 heterocycles. The van der Waals surface area contributed by atoms with Crippen LogP contribution in [0.2, 0.25) is 0 Å². The molecule has 0 spiro atoms. The van der Waals surface area contributed by atoms with Crippen LogP contribution in [0, 0.1) is 6.92 Å². The van der Waals surface area contributed by atoms with E-state index >= 15 is 0 Å². The summed E-state index contributed by atoms with van der Waals surface area (Å²) >= 11 is 0. The molecule has 0 atom stereocenters. The summed E-state index contributed by atoms with van der Waals surface area (Å²) in [6, 6.07) is 16.0. The molecule has 0 unspecified atom stereocenters. The zero-order chi connectivity index (χ0) is 16.2. The second-order valence-electron chi connectivity index (χ2n) is 5.16. The molecule has 5 nitrogen and oxygen atoms in total. The summed E-state index contributed by atoms with van der Waals surface area (Å²) in [4.78, 5) is 12.1. The van der Waals surface area contributed by atoms with Gasteiger partial charge in [-0.3, -0.25) is 0 Å². The summed E-state index contributed by atoms with van der Waals surface area (Å²) in [6.45, 7) is 4.11. The van der Waals surface area contributed by atoms with Gasteiger partial charge in [0.15, 0.2) is 5.69 Å². The molecule has 2 aromatic carbocycles. The van der Waals surface area contributed by atoms with E-state index in [0.29, 0.717) is 12.3 Å². The van der Waals surface area contributed by atoms with E-state index in [1.54, 1.807) is 6.92 Å². The predicted octanol–water partition coefficient (Wildman–Crippen LogP) is 3.62. The second-order valence-corrected chi connectivity index (χ2v) is 5.16. The van der Waals surface area contributed by atoms with Crippen LogP contribution < -0.4 is 0 Å². The molecule has 0 aliphatic carbocycles. The quantitative estimate of drug-likeness (QED) is 0.747. The van der Waals surface area contributed by atoms with Crippen molar-refractivity contribution in [2.75, 3.05) is 6.61 Å². The maximum absolute atomic E-state index is 12.1. The Labute approximate surface area is 134 Å². The number of aromatic nitrogens is 3. The third-order valence-electron chi connectivity index (χ3n) is 3.53. The number of rotatable bonds is 4. The van der Waals surface area contributed by atoms with Crippen LogP contribution >= 0.6 is 0 Å². The molecule has 3 rings (SSSR count). The fourth-order valence-corrected chi connectivity index (χ4v) is 2.51. The van der Waals surface area contributed by atoms with Gasteiger partial charge in [-0.15, -0.1) is 5.10 Å². The van der Waals surface area contributed by atoms with Crippen LogP contribution in [0.15, 0.2) is 48.5 Å². The highest BCUT2D eigenvalue weighted by Crippen LogP contribution is 2.32. The monoisotopic (exact) mass is 307 g/mol. The van der Waals surface area contributed by atoms with Gasteiger partial charge in [0.05, 0.1) is 6.61 Å². The van der Waals surface area contributed by atoms with Crippen molar-refractivity contribution in [3.63, 3.8) is 0 Å². The van der Waals surface area contributed by atoms with Crippen molar-refractivity contribution in [3.8, 4) is 22.4 Å². The maximum atomic E-state index is 12.1. The highest BCUT2D eigenvalue weighted by atomic mass is 16.5. The number of ether oxygens (including phenoxy) is 1. The predicted molar refractivity (Wildman–Crippen MR) is 87.9 cm³/mol. The first-order chi connectivity index (χ1) is 11.2. The Balaban J connectivity index is 2.12. The van der Waals surface area contributed by atoms with Gasteiger partial charge in [-0.25, -0.2) is 4.79 Å². The van der Waals surface area contributed by atoms with E-state index in [0.717, 1.165) is 16.7 Å². The molecule has 3 aromatic rings. The van der Waals surface area contributed by atoms with E-state index in [1.165, 1.54) is 5.56 Å². The molecule has 0 aliphatic heterocycles. The van der Waals surface area contributed by atoms with Crippen LogP contribution in [0.5, 0.6) is 0 Å². The highest BCUT2D eigenvalue weighted by molar-refractivity contribution is 5.96. The Bertz CT molecular complexity index is 840. The topological polar surface area (TPSA) is 67.9 Å². The molecule has 1 N–H and O–H groups in total. The van der Waals surface area contributed by atoms with Crippen LogP contribution in [0.1, 0.15) is 23.0 Å². The Kier molecular flexibility index (Phi) is 4.19. The van der Waals surface area contributed by atoms with Crippen LogP contribution in [0.4, 0.5) is 0 Å². The van der Waals surface area contributed by atoms with Gasteiger partial charge in [-0.05, 0) is 25.0 Å². The molecule has 0 amide bonds. The van der Waals surface area contributed by atoms with Gasteiger partial charge >= 0.3 is 5.97 Å². The van der Waals surface area contributed by atoms with E-state index < -0.39 is 5.97 Å². The lowest BCUT2D eigenvalue weighted by Crippen LogP contribution is -2.07. The first-order valence-electron chi connectivity index (χ1n) is 7.45. The number of hydrogen-bond donors (Lipinski definition) is 1. The van der Waals surface area contributed by atoms with Gasteiger partial charge in [0.25, 0.3) is 0 Å². The Morgan fingerprint density at radius 1 is 1.09 bits per heavy atom. The number of H-pyrrole nitrogens is 1. The number of esters is 1. The van der Waals surface area contributed by atoms with Crippen molar-refractivity contribution in [2.45, 2.75) is 13.8 Å². The summed E-state index contributed by atoms with van der Waals surface area (Å²) < 4.78 is 5.05. The first-order valence-corrected chi connectivity index (χ1v) is 7.45. The van der Waals surface area contributed by atoms with Crippen LogP contribution in [-0.4, -0.2) is 28.0 Å². The molecule has 116 valence electrons. The summed E-state index contributed by atoms with van der Waals surface area (Å²) in [5, 5.41) is 10.6. The molecule has 23 heavy (non-hydrogen) atoms. The number of nitrogens with zero attached hydrogens (tertiary/aromatic N) is 2. The van der Waals surface area contributed by atoms with Crippen molar-refractivity contribution in [3.05, 3.63) is 59.8 Å². The lowest BCUT2D eigenvalue weighted by Gasteiger charge is -2.09. The molecule has 0 radical (unpaired) electrons. The number of carbonyl (C=O) groups excluding carboxylic acids is 1. The third-order valence-corrected chi connectivity index (χ3v) is 3.53. The molecular formula is C18H17N3O2. The number of aryl methyl sites for hydroxylation is 1. The number of carbonyl (C=O) groups is 1. The van der Waals surface area contributed by atoms with Crippen molar-refractivity contribution >= 4 is 5.97 Å². The average Bonchev–Trinajstić information content (AvgIpc) is 3.04. The fourth-order valence-electron chi connectivity index (χ4n) is 2.51. The standard InChI is InChI=1S/C18H17N3O2/c1-3-23-18(22)17-16(19-21-20-17)15-10-5-4-9-14(15)13-8-6-7-12(2)11-13/h4-11H,3H2,1-2H3,(H,19,20,21). The second kappa shape index (κ2) is 6.44. The van der Waals surface area contributed by atoms with Gasteiger partial charge in [0.2, 0.25) is 0 Å². The van der Waals surface area contributed by atoms with Gasteiger partial charge in [0.1, 0.15) is 5.69 Å². The number of hydrogen-bond acceptors (Lipinski definition) is 4. The summed E-state index contributed by atoms with van der Waals surface area (Å²) in [5.74, 6) is -0.477. The van der Waals surface area contributed by atoms with Gasteiger partial charge in [-0.1, -0.05) is 54.1 Å². The third kappa shape index (κ3) is 2.99. The Hall–Kier alpha value is -2.95. The van der Waals surface area contributed by atoms with E-state index in [-0.39, 0.29) is 5.69 Å². The van der Waals surface area contributed by atoms with Crippen molar-refractivity contribution < 1.29 is 9.53 Å². The van der Waals surface area contributed by atoms with Crippen LogP contribution in [0.25, 0.3) is 22.4 Å². The van der Waals surface area contributed by atoms with E-state index in [2.05, 4.69) is 21.5 Å². The van der Waals surface area contributed by atoms with Gasteiger partial charge in [0, 0.05) is 5.56 Å². The van der Waals surface area contributed by atoms with Crippen LogP contribution in [0.3, 0.4) is 0 Å². The van der Waals surface area contributed by atoms with Crippen molar-refractivity contribution in [2.24, 2.45) is 0 Å². The highest BCUT2D eigenvalue weighted by Gasteiger charge is 2.21. The van der Waals surface area contributed by atoms with E-state index in [1.807, 2.05) is 49.4 Å². The minimum atomic E-state index is -0.477. The zero-order valence-corrected chi connectivity index (χ0v) is 13.0. The molecular weight excluding hydrogens is 290 g/mol. The van der Waals surface area contributed by atoms with Gasteiger partial charge < -0.3 is 4.74 Å². The lowest BCUT2D eigenvalue weighted by molar-refractivity contribution is 0.0520. The number of nitrogens with one attached hydrogen (secondary N) is 1. The maximum Gasteiger partial charge on any atom is 0.361 e. The summed E-state index contributed by atoms with van der Waals surface area (Å²) in [5.41, 5.74) is 4.78. The average molecular weight is 307 g/mol. The minimum absolute atomic E-state index is 0.201. The van der Waals surface area contributed by atoms with E-state index in [9.17, 15) is 4.79 Å². The van der Waals surface area contributed by atoms with Crippen LogP contribution in [-0.2, 0) is 4.74 Å². The normalized spacial score (nSPS) is 10.5. The molecule has 0 bridgehead atoms. The molecule has 1 aromatic heterocycles. The van der Waals surface area contributed by atoms with E-state index in [4.69, 9.17) is 4.74 Å².